The fraction of sp³-hybridized carbons (Fsp3) is 0.667. The lowest BCUT2D eigenvalue weighted by Crippen LogP contribution is -2.41. The highest BCUT2D eigenvalue weighted by Crippen LogP contribution is 2.37. The summed E-state index contributed by atoms with van der Waals surface area (Å²) < 4.78 is 0. The van der Waals surface area contributed by atoms with Crippen molar-refractivity contribution in [2.75, 3.05) is 26.7 Å². The SMILES string of the molecule is CNC(c1ccccc1)C(C)(C)CN1CCC(C)(C)C1. The summed E-state index contributed by atoms with van der Waals surface area (Å²) in [5.41, 5.74) is 2.09. The van der Waals surface area contributed by atoms with Gasteiger partial charge in [0.25, 0.3) is 0 Å². The average Bonchev–Trinajstić information content (AvgIpc) is 2.69. The summed E-state index contributed by atoms with van der Waals surface area (Å²) >= 11 is 0. The molecule has 1 aliphatic rings. The molecule has 112 valence electrons. The molecule has 0 saturated carbocycles. The number of hydrogen-bond donors (Lipinski definition) is 1. The Kier molecular flexibility index (Phi) is 4.55. The molecule has 0 spiro atoms. The lowest BCUT2D eigenvalue weighted by molar-refractivity contribution is 0.151. The Bertz CT molecular complexity index is 422. The fourth-order valence-electron chi connectivity index (χ4n) is 3.68. The molecule has 1 atom stereocenters. The van der Waals surface area contributed by atoms with Crippen LogP contribution in [0.5, 0.6) is 0 Å². The molecule has 0 aliphatic carbocycles. The summed E-state index contributed by atoms with van der Waals surface area (Å²) in [6, 6.07) is 11.2. The van der Waals surface area contributed by atoms with Crippen molar-refractivity contribution in [2.24, 2.45) is 10.8 Å². The van der Waals surface area contributed by atoms with Gasteiger partial charge in [-0.15, -0.1) is 0 Å². The van der Waals surface area contributed by atoms with E-state index in [1.54, 1.807) is 0 Å². The van der Waals surface area contributed by atoms with Crippen LogP contribution in [0.25, 0.3) is 0 Å². The third-order valence-corrected chi connectivity index (χ3v) is 4.59. The summed E-state index contributed by atoms with van der Waals surface area (Å²) in [4.78, 5) is 2.63. The van der Waals surface area contributed by atoms with E-state index in [0.29, 0.717) is 11.5 Å². The third-order valence-electron chi connectivity index (χ3n) is 4.59. The van der Waals surface area contributed by atoms with Crippen LogP contribution >= 0.6 is 0 Å². The molecule has 2 rings (SSSR count). The second kappa shape index (κ2) is 5.87. The molecule has 0 amide bonds. The molecule has 0 aromatic heterocycles. The number of hydrogen-bond acceptors (Lipinski definition) is 2. The highest BCUT2D eigenvalue weighted by atomic mass is 15.2. The van der Waals surface area contributed by atoms with Gasteiger partial charge in [-0.05, 0) is 36.4 Å². The average molecular weight is 274 g/mol. The molecule has 1 saturated heterocycles. The number of likely N-dealkylation sites (tertiary alicyclic amines) is 1. The summed E-state index contributed by atoms with van der Waals surface area (Å²) in [5, 5.41) is 3.53. The molecular weight excluding hydrogens is 244 g/mol. The zero-order chi connectivity index (χ0) is 14.8. The van der Waals surface area contributed by atoms with Gasteiger partial charge in [0.1, 0.15) is 0 Å². The molecule has 0 radical (unpaired) electrons. The van der Waals surface area contributed by atoms with E-state index < -0.39 is 0 Å². The van der Waals surface area contributed by atoms with Crippen molar-refractivity contribution in [3.63, 3.8) is 0 Å². The maximum atomic E-state index is 3.53. The van der Waals surface area contributed by atoms with Gasteiger partial charge >= 0.3 is 0 Å². The number of nitrogens with zero attached hydrogens (tertiary/aromatic N) is 1. The van der Waals surface area contributed by atoms with Crippen LogP contribution in [0.1, 0.15) is 45.7 Å². The first-order chi connectivity index (χ1) is 9.34. The van der Waals surface area contributed by atoms with Gasteiger partial charge in [-0.3, -0.25) is 0 Å². The summed E-state index contributed by atoms with van der Waals surface area (Å²) in [6.07, 6.45) is 1.32. The van der Waals surface area contributed by atoms with Crippen molar-refractivity contribution >= 4 is 0 Å². The Labute approximate surface area is 124 Å². The number of rotatable bonds is 5. The molecule has 1 aliphatic heterocycles. The minimum atomic E-state index is 0.219. The Morgan fingerprint density at radius 3 is 2.40 bits per heavy atom. The smallest absolute Gasteiger partial charge is 0.0381 e. The quantitative estimate of drug-likeness (QED) is 0.880. The van der Waals surface area contributed by atoms with Gasteiger partial charge in [0, 0.05) is 19.1 Å². The van der Waals surface area contributed by atoms with E-state index in [9.17, 15) is 0 Å². The van der Waals surface area contributed by atoms with Crippen LogP contribution in [0.15, 0.2) is 30.3 Å². The summed E-state index contributed by atoms with van der Waals surface area (Å²) in [5.74, 6) is 0. The van der Waals surface area contributed by atoms with Crippen LogP contribution in [0, 0.1) is 10.8 Å². The minimum Gasteiger partial charge on any atom is -0.313 e. The molecule has 2 heteroatoms. The Hall–Kier alpha value is -0.860. The van der Waals surface area contributed by atoms with Crippen molar-refractivity contribution in [3.8, 4) is 0 Å². The Morgan fingerprint density at radius 2 is 1.90 bits per heavy atom. The van der Waals surface area contributed by atoms with Crippen LogP contribution in [-0.2, 0) is 0 Å². The third kappa shape index (κ3) is 3.62. The van der Waals surface area contributed by atoms with E-state index in [1.165, 1.54) is 25.1 Å². The zero-order valence-corrected chi connectivity index (χ0v) is 13.7. The molecule has 0 bridgehead atoms. The predicted molar refractivity (Wildman–Crippen MR) is 86.9 cm³/mol. The number of nitrogens with one attached hydrogen (secondary N) is 1. The predicted octanol–water partition coefficient (Wildman–Crippen LogP) is 3.71. The van der Waals surface area contributed by atoms with E-state index in [0.717, 1.165) is 6.54 Å². The molecule has 1 aromatic carbocycles. The van der Waals surface area contributed by atoms with Gasteiger partial charge in [0.15, 0.2) is 0 Å². The van der Waals surface area contributed by atoms with Gasteiger partial charge in [0.05, 0.1) is 0 Å². The fourth-order valence-corrected chi connectivity index (χ4v) is 3.68. The minimum absolute atomic E-state index is 0.219. The standard InChI is InChI=1S/C18H30N2/c1-17(2)11-12-20(13-17)14-18(3,4)16(19-5)15-9-7-6-8-10-15/h6-10,16,19H,11-14H2,1-5H3. The Balaban J connectivity index is 2.08. The lowest BCUT2D eigenvalue weighted by atomic mass is 9.80. The van der Waals surface area contributed by atoms with E-state index in [2.05, 4.69) is 75.3 Å². The van der Waals surface area contributed by atoms with Crippen LogP contribution in [-0.4, -0.2) is 31.6 Å². The largest absolute Gasteiger partial charge is 0.313 e. The first-order valence-electron chi connectivity index (χ1n) is 7.79. The second-order valence-electron chi connectivity index (χ2n) is 7.75. The van der Waals surface area contributed by atoms with Gasteiger partial charge in [-0.2, -0.15) is 0 Å². The highest BCUT2D eigenvalue weighted by molar-refractivity contribution is 5.21. The van der Waals surface area contributed by atoms with E-state index in [4.69, 9.17) is 0 Å². The molecule has 1 aromatic rings. The lowest BCUT2D eigenvalue weighted by Gasteiger charge is -2.38. The molecule has 1 heterocycles. The molecular formula is C18H30N2. The first-order valence-corrected chi connectivity index (χ1v) is 7.79. The molecule has 20 heavy (non-hydrogen) atoms. The Morgan fingerprint density at radius 1 is 1.25 bits per heavy atom. The summed E-state index contributed by atoms with van der Waals surface area (Å²) in [7, 11) is 2.08. The maximum absolute atomic E-state index is 3.53. The van der Waals surface area contributed by atoms with Crippen molar-refractivity contribution in [2.45, 2.75) is 40.2 Å². The maximum Gasteiger partial charge on any atom is 0.0381 e. The van der Waals surface area contributed by atoms with Crippen LogP contribution < -0.4 is 5.32 Å². The molecule has 2 nitrogen and oxygen atoms in total. The monoisotopic (exact) mass is 274 g/mol. The van der Waals surface area contributed by atoms with Gasteiger partial charge < -0.3 is 10.2 Å². The van der Waals surface area contributed by atoms with Gasteiger partial charge in [0.2, 0.25) is 0 Å². The molecule has 1 fully saturated rings. The van der Waals surface area contributed by atoms with Crippen molar-refractivity contribution in [1.82, 2.24) is 10.2 Å². The van der Waals surface area contributed by atoms with Crippen LogP contribution in [0.2, 0.25) is 0 Å². The van der Waals surface area contributed by atoms with Crippen molar-refractivity contribution < 1.29 is 0 Å². The highest BCUT2D eigenvalue weighted by Gasteiger charge is 2.36. The molecule has 1 N–H and O–H groups in total. The number of benzene rings is 1. The van der Waals surface area contributed by atoms with Crippen molar-refractivity contribution in [1.29, 1.82) is 0 Å². The van der Waals surface area contributed by atoms with Gasteiger partial charge in [-0.25, -0.2) is 0 Å². The first kappa shape index (κ1) is 15.5. The molecule has 1 unspecified atom stereocenters. The van der Waals surface area contributed by atoms with Gasteiger partial charge in [-0.1, -0.05) is 58.0 Å². The topological polar surface area (TPSA) is 15.3 Å². The van der Waals surface area contributed by atoms with E-state index in [-0.39, 0.29) is 5.41 Å². The summed E-state index contributed by atoms with van der Waals surface area (Å²) in [6.45, 7) is 13.1. The van der Waals surface area contributed by atoms with Crippen LogP contribution in [0.4, 0.5) is 0 Å². The van der Waals surface area contributed by atoms with E-state index in [1.807, 2.05) is 0 Å². The van der Waals surface area contributed by atoms with Crippen LogP contribution in [0.3, 0.4) is 0 Å². The second-order valence-corrected chi connectivity index (χ2v) is 7.75. The van der Waals surface area contributed by atoms with E-state index >= 15 is 0 Å². The van der Waals surface area contributed by atoms with Crippen molar-refractivity contribution in [3.05, 3.63) is 35.9 Å². The zero-order valence-electron chi connectivity index (χ0n) is 13.7. The normalized spacial score (nSPS) is 21.1.